The summed E-state index contributed by atoms with van der Waals surface area (Å²) >= 11 is 0. The van der Waals surface area contributed by atoms with Crippen molar-refractivity contribution < 1.29 is 14.1 Å². The lowest BCUT2D eigenvalue weighted by atomic mass is 10.1. The van der Waals surface area contributed by atoms with Gasteiger partial charge in [-0.2, -0.15) is 5.01 Å². The minimum absolute atomic E-state index is 0.182. The van der Waals surface area contributed by atoms with Crippen LogP contribution in [0.25, 0.3) is 0 Å². The first-order chi connectivity index (χ1) is 15.0. The van der Waals surface area contributed by atoms with Crippen molar-refractivity contribution in [3.8, 4) is 0 Å². The maximum Gasteiger partial charge on any atom is 0.306 e. The van der Waals surface area contributed by atoms with E-state index in [0.29, 0.717) is 25.4 Å². The number of esters is 1. The van der Waals surface area contributed by atoms with Crippen LogP contribution in [-0.2, 0) is 22.7 Å². The molecule has 0 aliphatic carbocycles. The van der Waals surface area contributed by atoms with Gasteiger partial charge in [0.2, 0.25) is 0 Å². The molecule has 31 heavy (non-hydrogen) atoms. The number of pyridine rings is 1. The van der Waals surface area contributed by atoms with E-state index in [2.05, 4.69) is 29.6 Å². The Morgan fingerprint density at radius 3 is 2.74 bits per heavy atom. The van der Waals surface area contributed by atoms with Crippen LogP contribution in [0.4, 0.5) is 0 Å². The maximum atomic E-state index is 11.9. The lowest BCUT2D eigenvalue weighted by Gasteiger charge is -2.25. The van der Waals surface area contributed by atoms with Crippen LogP contribution >= 0.6 is 9.24 Å². The Kier molecular flexibility index (Phi) is 6.28. The van der Waals surface area contributed by atoms with Crippen molar-refractivity contribution in [2.24, 2.45) is 20.3 Å². The van der Waals surface area contributed by atoms with Crippen LogP contribution in [0, 0.1) is 0 Å². The Bertz CT molecular complexity index is 1060. The van der Waals surface area contributed by atoms with Crippen LogP contribution in [-0.4, -0.2) is 28.1 Å². The second-order valence-corrected chi connectivity index (χ2v) is 8.52. The second-order valence-electron chi connectivity index (χ2n) is 7.43. The van der Waals surface area contributed by atoms with E-state index < -0.39 is 5.40 Å². The Labute approximate surface area is 183 Å². The van der Waals surface area contributed by atoms with Gasteiger partial charge in [-0.15, -0.1) is 5.11 Å². The number of aryl methyl sites for hydroxylation is 1. The quantitative estimate of drug-likeness (QED) is 0.380. The number of hydrogen-bond acceptors (Lipinski definition) is 7. The second kappa shape index (κ2) is 9.27. The standard InChI is InChI=1S/C22H24N6O2P/c1-22(31)24-21-23-19(11-15-28(21)26-25-22)18-9-13-27(14-10-18)12-5-8-20(29)30-16-17-6-3-2-4-7-17/h2-4,6-7,9-11,13-15H,5,8,12,16,31H2,1H3/q+1. The first-order valence-electron chi connectivity index (χ1n) is 10.1. The zero-order valence-electron chi connectivity index (χ0n) is 17.3. The largest absolute Gasteiger partial charge is 0.461 e. The highest BCUT2D eigenvalue weighted by atomic mass is 31.0. The van der Waals surface area contributed by atoms with Crippen molar-refractivity contribution in [1.82, 2.24) is 5.01 Å². The fraction of sp³-hybridized carbons (Fsp3) is 0.273. The normalized spacial score (nSPS) is 19.5. The van der Waals surface area contributed by atoms with Gasteiger partial charge in [-0.1, -0.05) is 44.8 Å². The van der Waals surface area contributed by atoms with Crippen molar-refractivity contribution in [1.29, 1.82) is 0 Å². The van der Waals surface area contributed by atoms with Gasteiger partial charge in [0, 0.05) is 30.3 Å². The molecule has 0 saturated heterocycles. The predicted molar refractivity (Wildman–Crippen MR) is 120 cm³/mol. The number of benzene rings is 1. The third-order valence-corrected chi connectivity index (χ3v) is 4.94. The van der Waals surface area contributed by atoms with Gasteiger partial charge in [0.1, 0.15) is 13.2 Å². The molecule has 2 aliphatic heterocycles. The molecule has 9 heteroatoms. The molecule has 2 aromatic rings. The lowest BCUT2D eigenvalue weighted by molar-refractivity contribution is -0.697. The first-order valence-corrected chi connectivity index (χ1v) is 10.6. The monoisotopic (exact) mass is 435 g/mol. The summed E-state index contributed by atoms with van der Waals surface area (Å²) in [4.78, 5) is 21.0. The lowest BCUT2D eigenvalue weighted by Crippen LogP contribution is -2.33. The summed E-state index contributed by atoms with van der Waals surface area (Å²) in [6.45, 7) is 2.90. The summed E-state index contributed by atoms with van der Waals surface area (Å²) in [5, 5.41) is 9.05. The van der Waals surface area contributed by atoms with Gasteiger partial charge in [0.15, 0.2) is 17.8 Å². The van der Waals surface area contributed by atoms with Crippen LogP contribution in [0.3, 0.4) is 0 Å². The van der Waals surface area contributed by atoms with Gasteiger partial charge in [0.25, 0.3) is 5.96 Å². The van der Waals surface area contributed by atoms with Crippen LogP contribution < -0.4 is 4.57 Å². The molecule has 1 aromatic carbocycles. The predicted octanol–water partition coefficient (Wildman–Crippen LogP) is 3.40. The van der Waals surface area contributed by atoms with E-state index >= 15 is 0 Å². The molecule has 0 saturated carbocycles. The average Bonchev–Trinajstić information content (AvgIpc) is 2.78. The van der Waals surface area contributed by atoms with Gasteiger partial charge in [0.05, 0.1) is 12.1 Å². The molecule has 0 amide bonds. The number of fused-ring (bicyclic) bond motifs is 1. The van der Waals surface area contributed by atoms with Gasteiger partial charge in [-0.3, -0.25) is 4.79 Å². The highest BCUT2D eigenvalue weighted by Gasteiger charge is 2.26. The average molecular weight is 435 g/mol. The van der Waals surface area contributed by atoms with E-state index in [9.17, 15) is 4.79 Å². The number of rotatable bonds is 7. The smallest absolute Gasteiger partial charge is 0.306 e. The molecule has 0 spiro atoms. The third-order valence-electron chi connectivity index (χ3n) is 4.70. The highest BCUT2D eigenvalue weighted by molar-refractivity contribution is 7.18. The van der Waals surface area contributed by atoms with E-state index in [0.717, 1.165) is 23.4 Å². The number of aliphatic imine (C=N–C) groups is 2. The number of allylic oxidation sites excluding steroid dienone is 1. The summed E-state index contributed by atoms with van der Waals surface area (Å²) in [7, 11) is 2.56. The molecule has 2 aliphatic rings. The fourth-order valence-corrected chi connectivity index (χ4v) is 3.23. The first kappa shape index (κ1) is 21.0. The maximum absolute atomic E-state index is 11.9. The molecule has 2 atom stereocenters. The van der Waals surface area contributed by atoms with Gasteiger partial charge >= 0.3 is 5.97 Å². The van der Waals surface area contributed by atoms with E-state index in [-0.39, 0.29) is 5.97 Å². The molecular weight excluding hydrogens is 411 g/mol. The third kappa shape index (κ3) is 5.67. The minimum Gasteiger partial charge on any atom is -0.461 e. The van der Waals surface area contributed by atoms with Crippen molar-refractivity contribution in [2.45, 2.75) is 38.3 Å². The zero-order chi connectivity index (χ0) is 21.7. The Morgan fingerprint density at radius 2 is 1.97 bits per heavy atom. The molecule has 0 radical (unpaired) electrons. The molecule has 1 aromatic heterocycles. The van der Waals surface area contributed by atoms with Gasteiger partial charge < -0.3 is 4.74 Å². The summed E-state index contributed by atoms with van der Waals surface area (Å²) in [5.41, 5.74) is 2.78. The van der Waals surface area contributed by atoms with E-state index in [4.69, 9.17) is 4.74 Å². The van der Waals surface area contributed by atoms with Gasteiger partial charge in [-0.25, -0.2) is 14.6 Å². The van der Waals surface area contributed by atoms with Crippen molar-refractivity contribution in [3.63, 3.8) is 0 Å². The van der Waals surface area contributed by atoms with Crippen molar-refractivity contribution in [3.05, 3.63) is 78.3 Å². The molecule has 2 unspecified atom stereocenters. The van der Waals surface area contributed by atoms with Crippen LogP contribution in [0.5, 0.6) is 0 Å². The van der Waals surface area contributed by atoms with E-state index in [1.807, 2.05) is 72.4 Å². The van der Waals surface area contributed by atoms with Crippen LogP contribution in [0.15, 0.2) is 87.5 Å². The summed E-state index contributed by atoms with van der Waals surface area (Å²) in [5.74, 6) is 0.328. The van der Waals surface area contributed by atoms with E-state index in [1.54, 1.807) is 11.2 Å². The Hall–Kier alpha value is -3.25. The number of guanidine groups is 1. The Balaban J connectivity index is 1.28. The molecular formula is C22H24N6O2P+. The zero-order valence-corrected chi connectivity index (χ0v) is 18.4. The molecule has 0 fully saturated rings. The number of ether oxygens (including phenoxy) is 1. The molecule has 0 N–H and O–H groups in total. The van der Waals surface area contributed by atoms with Crippen LogP contribution in [0.2, 0.25) is 0 Å². The SMILES string of the molecule is CC1(P)N=NN2C=CC(c3cc[n+](CCCC(=O)OCc4ccccc4)cc3)=NC2=N1. The summed E-state index contributed by atoms with van der Waals surface area (Å²) in [6, 6.07) is 13.7. The van der Waals surface area contributed by atoms with Crippen LogP contribution in [0.1, 0.15) is 30.9 Å². The number of carbonyl (C=O) groups is 1. The topological polar surface area (TPSA) is 82.9 Å². The highest BCUT2D eigenvalue weighted by Crippen LogP contribution is 2.27. The molecule has 8 nitrogen and oxygen atoms in total. The van der Waals surface area contributed by atoms with E-state index in [1.165, 1.54) is 0 Å². The van der Waals surface area contributed by atoms with Gasteiger partial charge in [-0.05, 0) is 18.6 Å². The Morgan fingerprint density at radius 1 is 1.19 bits per heavy atom. The van der Waals surface area contributed by atoms with Crippen molar-refractivity contribution >= 4 is 26.9 Å². The molecule has 3 heterocycles. The molecule has 4 rings (SSSR count). The molecule has 0 bridgehead atoms. The summed E-state index contributed by atoms with van der Waals surface area (Å²) in [6.07, 6.45) is 8.74. The van der Waals surface area contributed by atoms with Crippen molar-refractivity contribution in [2.75, 3.05) is 0 Å². The minimum atomic E-state index is -0.687. The number of hydrogen-bond donors (Lipinski definition) is 0. The molecule has 158 valence electrons. The number of carbonyl (C=O) groups excluding carboxylic acids is 1. The number of aromatic nitrogens is 1. The summed E-state index contributed by atoms with van der Waals surface area (Å²) < 4.78 is 7.36. The fourth-order valence-electron chi connectivity index (χ4n) is 3.07. The number of nitrogens with zero attached hydrogens (tertiary/aromatic N) is 6.